The third kappa shape index (κ3) is 4.43. The Balaban J connectivity index is 1.93. The third-order valence-electron chi connectivity index (χ3n) is 3.40. The fourth-order valence-electron chi connectivity index (χ4n) is 2.09. The molecule has 0 aliphatic carbocycles. The molecule has 0 saturated heterocycles. The molecule has 116 valence electrons. The molecule has 1 aromatic carbocycles. The summed E-state index contributed by atoms with van der Waals surface area (Å²) in [7, 11) is 1.83. The predicted molar refractivity (Wildman–Crippen MR) is 90.0 cm³/mol. The van der Waals surface area contributed by atoms with Crippen LogP contribution in [0.4, 0.5) is 5.69 Å². The molecule has 0 aliphatic rings. The first-order valence-electron chi connectivity index (χ1n) is 7.09. The van der Waals surface area contributed by atoms with Crippen LogP contribution in [0.5, 0.6) is 0 Å². The Morgan fingerprint density at radius 2 is 1.86 bits per heavy atom. The molecule has 0 spiro atoms. The molecular formula is C17H20N2O2S. The third-order valence-corrected chi connectivity index (χ3v) is 4.41. The lowest BCUT2D eigenvalue weighted by atomic mass is 10.1. The van der Waals surface area contributed by atoms with Crippen LogP contribution in [0.3, 0.4) is 0 Å². The first-order chi connectivity index (χ1) is 10.5. The zero-order valence-corrected chi connectivity index (χ0v) is 13.9. The molecule has 0 unspecified atom stereocenters. The maximum atomic E-state index is 12.3. The van der Waals surface area contributed by atoms with Crippen LogP contribution in [0, 0.1) is 6.92 Å². The highest BCUT2D eigenvalue weighted by atomic mass is 32.1. The van der Waals surface area contributed by atoms with Crippen molar-refractivity contribution in [3.63, 3.8) is 0 Å². The van der Waals surface area contributed by atoms with Crippen LogP contribution in [-0.2, 0) is 22.6 Å². The van der Waals surface area contributed by atoms with Crippen molar-refractivity contribution in [2.45, 2.75) is 26.8 Å². The zero-order valence-electron chi connectivity index (χ0n) is 13.1. The van der Waals surface area contributed by atoms with E-state index in [0.717, 1.165) is 11.3 Å². The number of anilines is 1. The van der Waals surface area contributed by atoms with Crippen LogP contribution < -0.4 is 5.32 Å². The van der Waals surface area contributed by atoms with E-state index in [1.807, 2.05) is 36.7 Å². The molecule has 22 heavy (non-hydrogen) atoms. The summed E-state index contributed by atoms with van der Waals surface area (Å²) < 4.78 is 0. The van der Waals surface area contributed by atoms with E-state index in [4.69, 9.17) is 0 Å². The number of benzene rings is 1. The molecule has 2 amide bonds. The van der Waals surface area contributed by atoms with Crippen molar-refractivity contribution in [1.82, 2.24) is 4.90 Å². The van der Waals surface area contributed by atoms with Crippen LogP contribution in [0.15, 0.2) is 35.7 Å². The summed E-state index contributed by atoms with van der Waals surface area (Å²) in [6.45, 7) is 4.18. The largest absolute Gasteiger partial charge is 0.340 e. The van der Waals surface area contributed by atoms with Gasteiger partial charge >= 0.3 is 0 Å². The number of amides is 2. The average molecular weight is 316 g/mol. The minimum Gasteiger partial charge on any atom is -0.340 e. The molecule has 0 fully saturated rings. The van der Waals surface area contributed by atoms with Gasteiger partial charge in [-0.1, -0.05) is 12.1 Å². The van der Waals surface area contributed by atoms with Gasteiger partial charge in [-0.25, -0.2) is 0 Å². The van der Waals surface area contributed by atoms with Crippen molar-refractivity contribution in [2.24, 2.45) is 0 Å². The Hall–Kier alpha value is -2.14. The van der Waals surface area contributed by atoms with Crippen LogP contribution in [0.1, 0.15) is 22.9 Å². The molecular weight excluding hydrogens is 296 g/mol. The van der Waals surface area contributed by atoms with E-state index in [0.29, 0.717) is 13.0 Å². The molecule has 1 N–H and O–H groups in total. The van der Waals surface area contributed by atoms with Gasteiger partial charge in [-0.2, -0.15) is 0 Å². The summed E-state index contributed by atoms with van der Waals surface area (Å²) in [5, 5.41) is 4.76. The summed E-state index contributed by atoms with van der Waals surface area (Å²) in [5.74, 6) is -0.0186. The Morgan fingerprint density at radius 3 is 2.41 bits per heavy atom. The Morgan fingerprint density at radius 1 is 1.18 bits per heavy atom. The molecule has 0 bridgehead atoms. The van der Waals surface area contributed by atoms with Gasteiger partial charge < -0.3 is 10.2 Å². The molecule has 0 saturated carbocycles. The SMILES string of the molecule is CC(=O)Nc1ccc(CC(=O)N(C)Cc2sccc2C)cc1. The van der Waals surface area contributed by atoms with Crippen LogP contribution >= 0.6 is 11.3 Å². The maximum Gasteiger partial charge on any atom is 0.227 e. The highest BCUT2D eigenvalue weighted by Crippen LogP contribution is 2.18. The number of hydrogen-bond acceptors (Lipinski definition) is 3. The molecule has 2 aromatic rings. The van der Waals surface area contributed by atoms with E-state index < -0.39 is 0 Å². The predicted octanol–water partition coefficient (Wildman–Crippen LogP) is 3.22. The van der Waals surface area contributed by atoms with Crippen molar-refractivity contribution >= 4 is 28.8 Å². The minimum absolute atomic E-state index is 0.0834. The van der Waals surface area contributed by atoms with Gasteiger partial charge in [0.05, 0.1) is 13.0 Å². The fraction of sp³-hybridized carbons (Fsp3) is 0.294. The maximum absolute atomic E-state index is 12.3. The Bertz CT molecular complexity index is 662. The molecule has 1 heterocycles. The molecule has 2 rings (SSSR count). The summed E-state index contributed by atoms with van der Waals surface area (Å²) in [5.41, 5.74) is 2.91. The van der Waals surface area contributed by atoms with Gasteiger partial charge in [0, 0.05) is 24.5 Å². The van der Waals surface area contributed by atoms with Crippen molar-refractivity contribution in [2.75, 3.05) is 12.4 Å². The summed E-state index contributed by atoms with van der Waals surface area (Å²) in [4.78, 5) is 26.2. The van der Waals surface area contributed by atoms with E-state index in [1.54, 1.807) is 16.2 Å². The number of carbonyl (C=O) groups is 2. The quantitative estimate of drug-likeness (QED) is 0.921. The van der Waals surface area contributed by atoms with Gasteiger partial charge in [-0.05, 0) is 41.6 Å². The standard InChI is InChI=1S/C17H20N2O2S/c1-12-8-9-22-16(12)11-19(3)17(21)10-14-4-6-15(7-5-14)18-13(2)20/h4-9H,10-11H2,1-3H3,(H,18,20). The molecule has 1 aromatic heterocycles. The fourth-order valence-corrected chi connectivity index (χ4v) is 3.05. The summed E-state index contributed by atoms with van der Waals surface area (Å²) in [6.07, 6.45) is 0.362. The second-order valence-corrected chi connectivity index (χ2v) is 6.33. The van der Waals surface area contributed by atoms with E-state index in [9.17, 15) is 9.59 Å². The number of nitrogens with zero attached hydrogens (tertiary/aromatic N) is 1. The Labute approximate surface area is 134 Å². The number of thiophene rings is 1. The first kappa shape index (κ1) is 16.2. The number of hydrogen-bond donors (Lipinski definition) is 1. The topological polar surface area (TPSA) is 49.4 Å². The lowest BCUT2D eigenvalue weighted by Gasteiger charge is -2.17. The van der Waals surface area contributed by atoms with Crippen molar-refractivity contribution in [3.05, 3.63) is 51.7 Å². The number of nitrogens with one attached hydrogen (secondary N) is 1. The van der Waals surface area contributed by atoms with Gasteiger partial charge in [0.2, 0.25) is 11.8 Å². The van der Waals surface area contributed by atoms with Gasteiger partial charge in [0.1, 0.15) is 0 Å². The first-order valence-corrected chi connectivity index (χ1v) is 7.97. The van der Waals surface area contributed by atoms with E-state index in [-0.39, 0.29) is 11.8 Å². The van der Waals surface area contributed by atoms with Crippen molar-refractivity contribution in [3.8, 4) is 0 Å². The number of likely N-dealkylation sites (N-methyl/N-ethyl adjacent to an activating group) is 1. The second-order valence-electron chi connectivity index (χ2n) is 5.33. The van der Waals surface area contributed by atoms with Gasteiger partial charge in [-0.15, -0.1) is 11.3 Å². The van der Waals surface area contributed by atoms with E-state index in [1.165, 1.54) is 17.4 Å². The van der Waals surface area contributed by atoms with Gasteiger partial charge in [-0.3, -0.25) is 9.59 Å². The number of rotatable bonds is 5. The lowest BCUT2D eigenvalue weighted by Crippen LogP contribution is -2.27. The van der Waals surface area contributed by atoms with Crippen LogP contribution in [-0.4, -0.2) is 23.8 Å². The molecule has 0 atom stereocenters. The highest BCUT2D eigenvalue weighted by Gasteiger charge is 2.12. The zero-order chi connectivity index (χ0) is 16.1. The van der Waals surface area contributed by atoms with E-state index in [2.05, 4.69) is 18.3 Å². The summed E-state index contributed by atoms with van der Waals surface area (Å²) in [6, 6.07) is 9.43. The average Bonchev–Trinajstić information content (AvgIpc) is 2.86. The van der Waals surface area contributed by atoms with Crippen molar-refractivity contribution in [1.29, 1.82) is 0 Å². The molecule has 4 nitrogen and oxygen atoms in total. The normalized spacial score (nSPS) is 10.3. The number of carbonyl (C=O) groups excluding carboxylic acids is 2. The van der Waals surface area contributed by atoms with Gasteiger partial charge in [0.15, 0.2) is 0 Å². The highest BCUT2D eigenvalue weighted by molar-refractivity contribution is 7.10. The molecule has 0 radical (unpaired) electrons. The van der Waals surface area contributed by atoms with Crippen molar-refractivity contribution < 1.29 is 9.59 Å². The van der Waals surface area contributed by atoms with Crippen LogP contribution in [0.2, 0.25) is 0 Å². The van der Waals surface area contributed by atoms with E-state index >= 15 is 0 Å². The second kappa shape index (κ2) is 7.22. The number of aryl methyl sites for hydroxylation is 1. The molecule has 5 heteroatoms. The summed E-state index contributed by atoms with van der Waals surface area (Å²) >= 11 is 1.68. The smallest absolute Gasteiger partial charge is 0.227 e. The van der Waals surface area contributed by atoms with Gasteiger partial charge in [0.25, 0.3) is 0 Å². The lowest BCUT2D eigenvalue weighted by molar-refractivity contribution is -0.129. The molecule has 0 aliphatic heterocycles. The minimum atomic E-state index is -0.102. The van der Waals surface area contributed by atoms with Crippen LogP contribution in [0.25, 0.3) is 0 Å². The Kier molecular flexibility index (Phi) is 5.33. The monoisotopic (exact) mass is 316 g/mol.